The fourth-order valence-electron chi connectivity index (χ4n) is 3.87. The van der Waals surface area contributed by atoms with E-state index < -0.39 is 0 Å². The van der Waals surface area contributed by atoms with Crippen molar-refractivity contribution >= 4 is 23.0 Å². The van der Waals surface area contributed by atoms with Crippen molar-refractivity contribution < 1.29 is 14.3 Å². The van der Waals surface area contributed by atoms with Crippen molar-refractivity contribution in [1.29, 1.82) is 0 Å². The van der Waals surface area contributed by atoms with E-state index >= 15 is 0 Å². The summed E-state index contributed by atoms with van der Waals surface area (Å²) in [6.45, 7) is 2.29. The molecule has 7 nitrogen and oxygen atoms in total. The van der Waals surface area contributed by atoms with Gasteiger partial charge in [0.15, 0.2) is 11.5 Å². The largest absolute Gasteiger partial charge is 0.454 e. The summed E-state index contributed by atoms with van der Waals surface area (Å²) in [6, 6.07) is 13.4. The van der Waals surface area contributed by atoms with Crippen molar-refractivity contribution in [2.75, 3.05) is 6.79 Å². The molecule has 3 heterocycles. The summed E-state index contributed by atoms with van der Waals surface area (Å²) in [4.78, 5) is 16.1. The number of aromatic amines is 1. The minimum absolute atomic E-state index is 0.0599. The quantitative estimate of drug-likeness (QED) is 0.484. The number of hydrazone groups is 1. The number of hydrogen-bond acceptors (Lipinski definition) is 5. The number of ether oxygens (including phenoxy) is 2. The molecule has 0 fully saturated rings. The Balaban J connectivity index is 1.29. The third kappa shape index (κ3) is 2.90. The Kier molecular flexibility index (Phi) is 4.02. The van der Waals surface area contributed by atoms with Gasteiger partial charge in [0, 0.05) is 22.6 Å². The maximum absolute atomic E-state index is 12.6. The molecule has 2 aliphatic heterocycles. The van der Waals surface area contributed by atoms with Gasteiger partial charge in [-0.15, -0.1) is 0 Å². The van der Waals surface area contributed by atoms with Crippen LogP contribution in [0.15, 0.2) is 47.6 Å². The van der Waals surface area contributed by atoms with Gasteiger partial charge < -0.3 is 14.5 Å². The molecule has 142 valence electrons. The van der Waals surface area contributed by atoms with Gasteiger partial charge in [-0.2, -0.15) is 5.10 Å². The molecule has 2 aliphatic rings. The molecular formula is C21H20N4O3. The Hall–Kier alpha value is -3.32. The van der Waals surface area contributed by atoms with Gasteiger partial charge >= 0.3 is 0 Å². The third-order valence-corrected chi connectivity index (χ3v) is 5.24. The first-order chi connectivity index (χ1) is 13.7. The van der Waals surface area contributed by atoms with E-state index in [1.807, 2.05) is 30.3 Å². The van der Waals surface area contributed by atoms with E-state index in [4.69, 9.17) is 9.47 Å². The number of hydrogen-bond donors (Lipinski definition) is 3. The van der Waals surface area contributed by atoms with Crippen molar-refractivity contribution in [3.05, 3.63) is 59.3 Å². The first-order valence-electron chi connectivity index (χ1n) is 9.27. The molecule has 0 saturated heterocycles. The van der Waals surface area contributed by atoms with Crippen LogP contribution < -0.4 is 20.2 Å². The zero-order valence-electron chi connectivity index (χ0n) is 15.4. The molecular weight excluding hydrogens is 356 g/mol. The molecule has 1 aromatic heterocycles. The SMILES string of the molecule is C[C@@H]1N[C@H](C(=O)N/N=C/c2ccc3c(c2)OCO3)Cc2c1[nH]c1ccccc21. The zero-order valence-corrected chi connectivity index (χ0v) is 15.4. The summed E-state index contributed by atoms with van der Waals surface area (Å²) < 4.78 is 10.6. The van der Waals surface area contributed by atoms with Gasteiger partial charge in [-0.25, -0.2) is 5.43 Å². The Bertz CT molecular complexity index is 1090. The van der Waals surface area contributed by atoms with Gasteiger partial charge in [-0.1, -0.05) is 18.2 Å². The van der Waals surface area contributed by atoms with E-state index in [9.17, 15) is 4.79 Å². The summed E-state index contributed by atoms with van der Waals surface area (Å²) in [5, 5.41) is 8.64. The first-order valence-corrected chi connectivity index (χ1v) is 9.27. The van der Waals surface area contributed by atoms with Crippen LogP contribution in [0, 0.1) is 0 Å². The van der Waals surface area contributed by atoms with Crippen molar-refractivity contribution in [2.24, 2.45) is 5.10 Å². The van der Waals surface area contributed by atoms with Crippen LogP contribution in [0.2, 0.25) is 0 Å². The highest BCUT2D eigenvalue weighted by atomic mass is 16.7. The number of nitrogens with one attached hydrogen (secondary N) is 3. The van der Waals surface area contributed by atoms with Crippen LogP contribution >= 0.6 is 0 Å². The number of fused-ring (bicyclic) bond motifs is 4. The highest BCUT2D eigenvalue weighted by molar-refractivity contribution is 5.89. The number of benzene rings is 2. The molecule has 0 saturated carbocycles. The maximum Gasteiger partial charge on any atom is 0.257 e. The van der Waals surface area contributed by atoms with E-state index in [-0.39, 0.29) is 24.8 Å². The number of aromatic nitrogens is 1. The minimum Gasteiger partial charge on any atom is -0.454 e. The number of para-hydroxylation sites is 1. The highest BCUT2D eigenvalue weighted by Gasteiger charge is 2.30. The van der Waals surface area contributed by atoms with Gasteiger partial charge in [-0.05, 0) is 48.7 Å². The lowest BCUT2D eigenvalue weighted by Gasteiger charge is -2.27. The van der Waals surface area contributed by atoms with Crippen LogP contribution in [0.5, 0.6) is 11.5 Å². The van der Waals surface area contributed by atoms with Gasteiger partial charge in [0.05, 0.1) is 12.3 Å². The second kappa shape index (κ2) is 6.69. The molecule has 1 amide bonds. The van der Waals surface area contributed by atoms with Crippen LogP contribution in [-0.2, 0) is 11.2 Å². The molecule has 5 rings (SSSR count). The lowest BCUT2D eigenvalue weighted by Crippen LogP contribution is -2.47. The zero-order chi connectivity index (χ0) is 19.1. The number of amides is 1. The van der Waals surface area contributed by atoms with Gasteiger partial charge in [-0.3, -0.25) is 10.1 Å². The Morgan fingerprint density at radius 1 is 1.21 bits per heavy atom. The standard InChI is InChI=1S/C21H20N4O3/c1-12-20-15(14-4-2-3-5-16(14)24-20)9-17(23-12)21(26)25-22-10-13-6-7-18-19(8-13)28-11-27-18/h2-8,10,12,17,23-24H,9,11H2,1H3,(H,25,26)/b22-10+/t12-,17-/m0/s1. The monoisotopic (exact) mass is 376 g/mol. The number of H-pyrrole nitrogens is 1. The maximum atomic E-state index is 12.6. The first kappa shape index (κ1) is 16.8. The molecule has 2 atom stereocenters. The van der Waals surface area contributed by atoms with E-state index in [0.29, 0.717) is 12.2 Å². The molecule has 0 bridgehead atoms. The molecule has 0 radical (unpaired) electrons. The van der Waals surface area contributed by atoms with E-state index in [1.165, 1.54) is 10.9 Å². The van der Waals surface area contributed by atoms with Crippen molar-refractivity contribution in [1.82, 2.24) is 15.7 Å². The number of nitrogens with zero attached hydrogens (tertiary/aromatic N) is 1. The molecule has 2 aromatic carbocycles. The number of carbonyl (C=O) groups excluding carboxylic acids is 1. The molecule has 3 N–H and O–H groups in total. The summed E-state index contributed by atoms with van der Waals surface area (Å²) >= 11 is 0. The number of carbonyl (C=O) groups is 1. The average molecular weight is 376 g/mol. The highest BCUT2D eigenvalue weighted by Crippen LogP contribution is 2.32. The van der Waals surface area contributed by atoms with Crippen molar-refractivity contribution in [3.63, 3.8) is 0 Å². The Labute approximate surface area is 161 Å². The van der Waals surface area contributed by atoms with E-state index in [1.54, 1.807) is 6.21 Å². The van der Waals surface area contributed by atoms with Crippen LogP contribution in [0.1, 0.15) is 29.8 Å². The predicted molar refractivity (Wildman–Crippen MR) is 106 cm³/mol. The third-order valence-electron chi connectivity index (χ3n) is 5.24. The topological polar surface area (TPSA) is 87.7 Å². The van der Waals surface area contributed by atoms with E-state index in [2.05, 4.69) is 39.9 Å². The lowest BCUT2D eigenvalue weighted by atomic mass is 9.94. The normalized spacial score (nSPS) is 20.5. The fraction of sp³-hybridized carbons (Fsp3) is 0.238. The van der Waals surface area contributed by atoms with E-state index in [0.717, 1.165) is 22.5 Å². The molecule has 0 unspecified atom stereocenters. The molecule has 3 aromatic rings. The smallest absolute Gasteiger partial charge is 0.257 e. The van der Waals surface area contributed by atoms with Crippen molar-refractivity contribution in [2.45, 2.75) is 25.4 Å². The van der Waals surface area contributed by atoms with Crippen LogP contribution in [0.4, 0.5) is 0 Å². The number of rotatable bonds is 3. The summed E-state index contributed by atoms with van der Waals surface area (Å²) in [5.74, 6) is 1.25. The van der Waals surface area contributed by atoms with Crippen molar-refractivity contribution in [3.8, 4) is 11.5 Å². The minimum atomic E-state index is -0.337. The second-order valence-corrected chi connectivity index (χ2v) is 7.05. The van der Waals surface area contributed by atoms with Gasteiger partial charge in [0.25, 0.3) is 5.91 Å². The van der Waals surface area contributed by atoms with Gasteiger partial charge in [0.2, 0.25) is 6.79 Å². The molecule has 0 spiro atoms. The lowest BCUT2D eigenvalue weighted by molar-refractivity contribution is -0.123. The van der Waals surface area contributed by atoms with Gasteiger partial charge in [0.1, 0.15) is 0 Å². The van der Waals surface area contributed by atoms with Crippen LogP contribution in [-0.4, -0.2) is 29.9 Å². The van der Waals surface area contributed by atoms with Crippen LogP contribution in [0.3, 0.4) is 0 Å². The summed E-state index contributed by atoms with van der Waals surface area (Å²) in [6.07, 6.45) is 2.22. The fourth-order valence-corrected chi connectivity index (χ4v) is 3.87. The Morgan fingerprint density at radius 3 is 3.00 bits per heavy atom. The molecule has 7 heteroatoms. The predicted octanol–water partition coefficient (Wildman–Crippen LogP) is 2.62. The Morgan fingerprint density at radius 2 is 2.07 bits per heavy atom. The summed E-state index contributed by atoms with van der Waals surface area (Å²) in [7, 11) is 0. The average Bonchev–Trinajstić information content (AvgIpc) is 3.32. The van der Waals surface area contributed by atoms with Crippen LogP contribution in [0.25, 0.3) is 10.9 Å². The second-order valence-electron chi connectivity index (χ2n) is 7.05. The molecule has 0 aliphatic carbocycles. The molecule has 28 heavy (non-hydrogen) atoms. The summed E-state index contributed by atoms with van der Waals surface area (Å²) in [5.41, 5.74) is 6.92.